The number of benzene rings is 1. The summed E-state index contributed by atoms with van der Waals surface area (Å²) < 4.78 is 0. The zero-order chi connectivity index (χ0) is 25.9. The van der Waals surface area contributed by atoms with Crippen LogP contribution in [0.4, 0.5) is 11.5 Å². The van der Waals surface area contributed by atoms with Gasteiger partial charge >= 0.3 is 0 Å². The molecule has 0 atom stereocenters. The average Bonchev–Trinajstić information content (AvgIpc) is 2.82. The van der Waals surface area contributed by atoms with Gasteiger partial charge in [0.25, 0.3) is 0 Å². The Bertz CT molecular complexity index is 1320. The number of nitrogens with zero attached hydrogens (tertiary/aromatic N) is 2. The number of nitrogen functional groups attached to an aromatic ring is 1. The molecule has 4 rings (SSSR count). The molecule has 5 N–H and O–H groups in total. The van der Waals surface area contributed by atoms with Gasteiger partial charge in [0.2, 0.25) is 11.8 Å². The van der Waals surface area contributed by atoms with E-state index >= 15 is 0 Å². The maximum Gasteiger partial charge on any atom is 0.249 e. The lowest BCUT2D eigenvalue weighted by Gasteiger charge is -2.25. The lowest BCUT2D eigenvalue weighted by Crippen LogP contribution is -2.41. The quantitative estimate of drug-likeness (QED) is 0.306. The molecule has 1 aromatic carbocycles. The maximum atomic E-state index is 12.7. The van der Waals surface area contributed by atoms with Crippen LogP contribution in [0.2, 0.25) is 0 Å². The highest BCUT2D eigenvalue weighted by molar-refractivity contribution is 6.02. The molecule has 2 amide bonds. The fourth-order valence-corrected chi connectivity index (χ4v) is 4.47. The van der Waals surface area contributed by atoms with Gasteiger partial charge in [-0.1, -0.05) is 5.57 Å². The van der Waals surface area contributed by atoms with Crippen LogP contribution in [-0.4, -0.2) is 39.0 Å². The minimum Gasteiger partial charge on any atom is -0.398 e. The Hall–Kier alpha value is -3.78. The van der Waals surface area contributed by atoms with Crippen molar-refractivity contribution in [1.82, 2.24) is 15.3 Å². The number of carbonyl (C=O) groups is 2. The van der Waals surface area contributed by atoms with Gasteiger partial charge in [-0.2, -0.15) is 0 Å². The van der Waals surface area contributed by atoms with Crippen molar-refractivity contribution in [3.8, 4) is 11.1 Å². The van der Waals surface area contributed by atoms with Gasteiger partial charge in [0, 0.05) is 53.8 Å². The Kier molecular flexibility index (Phi) is 7.35. The molecule has 188 valence electrons. The SMILES string of the molecule is Cc1ccncc1-c1cc(N)c2cnc(NC(=O)C=C3CCC(C(=O)NCC(C)(C)O)CC3)cc2c1. The summed E-state index contributed by atoms with van der Waals surface area (Å²) in [6.45, 7) is 5.57. The predicted molar refractivity (Wildman–Crippen MR) is 142 cm³/mol. The molecule has 3 aromatic rings. The average molecular weight is 488 g/mol. The molecule has 0 unspecified atom stereocenters. The largest absolute Gasteiger partial charge is 0.398 e. The normalized spacial score (nSPS) is 16.0. The van der Waals surface area contributed by atoms with Crippen molar-refractivity contribution in [3.63, 3.8) is 0 Å². The Morgan fingerprint density at radius 2 is 1.94 bits per heavy atom. The molecule has 1 saturated carbocycles. The number of fused-ring (bicyclic) bond motifs is 1. The second-order valence-electron chi connectivity index (χ2n) is 10.1. The van der Waals surface area contributed by atoms with Crippen LogP contribution in [-0.2, 0) is 9.59 Å². The number of rotatable bonds is 6. The monoisotopic (exact) mass is 487 g/mol. The van der Waals surface area contributed by atoms with E-state index in [2.05, 4.69) is 20.6 Å². The molecular weight excluding hydrogens is 454 g/mol. The predicted octanol–water partition coefficient (Wildman–Crippen LogP) is 4.13. The van der Waals surface area contributed by atoms with Crippen molar-refractivity contribution in [2.24, 2.45) is 5.92 Å². The zero-order valence-electron chi connectivity index (χ0n) is 21.0. The number of amides is 2. The fourth-order valence-electron chi connectivity index (χ4n) is 4.47. The molecule has 0 bridgehead atoms. The van der Waals surface area contributed by atoms with Crippen molar-refractivity contribution in [2.45, 2.75) is 52.1 Å². The van der Waals surface area contributed by atoms with Crippen molar-refractivity contribution in [3.05, 3.63) is 60.1 Å². The van der Waals surface area contributed by atoms with E-state index in [9.17, 15) is 14.7 Å². The number of nitrogens with two attached hydrogens (primary N) is 1. The second kappa shape index (κ2) is 10.5. The van der Waals surface area contributed by atoms with E-state index < -0.39 is 5.60 Å². The molecule has 8 nitrogen and oxygen atoms in total. The third-order valence-electron chi connectivity index (χ3n) is 6.50. The third kappa shape index (κ3) is 6.26. The number of aliphatic hydroxyl groups is 1. The smallest absolute Gasteiger partial charge is 0.249 e. The van der Waals surface area contributed by atoms with Crippen molar-refractivity contribution < 1.29 is 14.7 Å². The van der Waals surface area contributed by atoms with E-state index in [0.29, 0.717) is 37.2 Å². The Labute approximate surface area is 211 Å². The molecular formula is C28H33N5O3. The van der Waals surface area contributed by atoms with E-state index in [1.165, 1.54) is 0 Å². The van der Waals surface area contributed by atoms with Gasteiger partial charge < -0.3 is 21.5 Å². The first-order valence-electron chi connectivity index (χ1n) is 12.2. The van der Waals surface area contributed by atoms with Gasteiger partial charge in [0.15, 0.2) is 0 Å². The summed E-state index contributed by atoms with van der Waals surface area (Å²) in [6.07, 6.45) is 9.59. The van der Waals surface area contributed by atoms with Gasteiger partial charge in [0.1, 0.15) is 5.82 Å². The molecule has 1 fully saturated rings. The number of hydrogen-bond donors (Lipinski definition) is 4. The molecule has 2 heterocycles. The summed E-state index contributed by atoms with van der Waals surface area (Å²) in [6, 6.07) is 7.71. The van der Waals surface area contributed by atoms with E-state index in [0.717, 1.165) is 33.0 Å². The second-order valence-corrected chi connectivity index (χ2v) is 10.1. The van der Waals surface area contributed by atoms with Gasteiger partial charge in [-0.25, -0.2) is 4.98 Å². The lowest BCUT2D eigenvalue weighted by molar-refractivity contribution is -0.126. The molecule has 1 aliphatic carbocycles. The van der Waals surface area contributed by atoms with Crippen LogP contribution >= 0.6 is 0 Å². The highest BCUT2D eigenvalue weighted by atomic mass is 16.3. The van der Waals surface area contributed by atoms with Gasteiger partial charge in [-0.3, -0.25) is 14.6 Å². The number of aromatic nitrogens is 2. The highest BCUT2D eigenvalue weighted by Gasteiger charge is 2.25. The first-order valence-corrected chi connectivity index (χ1v) is 12.2. The molecule has 8 heteroatoms. The molecule has 1 aliphatic rings. The van der Waals surface area contributed by atoms with Crippen molar-refractivity contribution >= 4 is 34.1 Å². The summed E-state index contributed by atoms with van der Waals surface area (Å²) in [4.78, 5) is 33.6. The number of hydrogen-bond acceptors (Lipinski definition) is 6. The minimum absolute atomic E-state index is 0.0406. The summed E-state index contributed by atoms with van der Waals surface area (Å²) in [5.41, 5.74) is 10.0. The van der Waals surface area contributed by atoms with Crippen LogP contribution in [0, 0.1) is 12.8 Å². The Morgan fingerprint density at radius 1 is 1.19 bits per heavy atom. The number of nitrogens with one attached hydrogen (secondary N) is 2. The van der Waals surface area contributed by atoms with Crippen LogP contribution in [0.3, 0.4) is 0 Å². The summed E-state index contributed by atoms with van der Waals surface area (Å²) in [5.74, 6) is 0.0661. The van der Waals surface area contributed by atoms with E-state index in [1.54, 1.807) is 32.3 Å². The first-order chi connectivity index (χ1) is 17.1. The van der Waals surface area contributed by atoms with E-state index in [-0.39, 0.29) is 24.3 Å². The Morgan fingerprint density at radius 3 is 2.64 bits per heavy atom. The molecule has 0 saturated heterocycles. The van der Waals surface area contributed by atoms with E-state index in [1.807, 2.05) is 37.4 Å². The van der Waals surface area contributed by atoms with Crippen molar-refractivity contribution in [2.75, 3.05) is 17.6 Å². The van der Waals surface area contributed by atoms with Gasteiger partial charge in [-0.15, -0.1) is 0 Å². The maximum absolute atomic E-state index is 12.7. The number of anilines is 2. The van der Waals surface area contributed by atoms with Crippen LogP contribution in [0.25, 0.3) is 21.9 Å². The molecule has 0 aliphatic heterocycles. The van der Waals surface area contributed by atoms with Gasteiger partial charge in [0.05, 0.1) is 5.60 Å². The number of pyridine rings is 2. The van der Waals surface area contributed by atoms with Crippen LogP contribution in [0.5, 0.6) is 0 Å². The van der Waals surface area contributed by atoms with Crippen molar-refractivity contribution in [1.29, 1.82) is 0 Å². The minimum atomic E-state index is -0.935. The van der Waals surface area contributed by atoms with Gasteiger partial charge in [-0.05, 0) is 87.2 Å². The number of carbonyl (C=O) groups excluding carboxylic acids is 2. The molecule has 2 aromatic heterocycles. The highest BCUT2D eigenvalue weighted by Crippen LogP contribution is 2.32. The zero-order valence-corrected chi connectivity index (χ0v) is 21.0. The first kappa shape index (κ1) is 25.3. The standard InChI is InChI=1S/C28H33N5O3/c1-17-8-9-30-14-22(17)20-11-21-13-25(31-15-23(21)24(29)12-20)33-26(34)10-18-4-6-19(7-5-18)27(35)32-16-28(2,3)36/h8-15,19,36H,4-7,16,29H2,1-3H3,(H,32,35)(H,31,33,34). The number of allylic oxidation sites excluding steroid dienone is 1. The summed E-state index contributed by atoms with van der Waals surface area (Å²) in [7, 11) is 0. The summed E-state index contributed by atoms with van der Waals surface area (Å²) in [5, 5.41) is 17.2. The van der Waals surface area contributed by atoms with Crippen LogP contribution in [0.1, 0.15) is 45.1 Å². The summed E-state index contributed by atoms with van der Waals surface area (Å²) >= 11 is 0. The topological polar surface area (TPSA) is 130 Å². The molecule has 0 radical (unpaired) electrons. The molecule has 0 spiro atoms. The number of aryl methyl sites for hydroxylation is 1. The molecule has 36 heavy (non-hydrogen) atoms. The third-order valence-corrected chi connectivity index (χ3v) is 6.50. The van der Waals surface area contributed by atoms with E-state index in [4.69, 9.17) is 5.73 Å². The van der Waals surface area contributed by atoms with Crippen LogP contribution in [0.15, 0.2) is 54.5 Å². The fraction of sp³-hybridized carbons (Fsp3) is 0.357. The lowest BCUT2D eigenvalue weighted by atomic mass is 9.85. The van der Waals surface area contributed by atoms with Crippen LogP contribution < -0.4 is 16.4 Å². The Balaban J connectivity index is 1.41.